The summed E-state index contributed by atoms with van der Waals surface area (Å²) in [5, 5.41) is 7.13. The maximum atomic E-state index is 4.43. The van der Waals surface area contributed by atoms with Crippen molar-refractivity contribution in [2.45, 2.75) is 64.8 Å². The van der Waals surface area contributed by atoms with Crippen molar-refractivity contribution < 1.29 is 0 Å². The largest absolute Gasteiger partial charge is 0.356 e. The zero-order valence-corrected chi connectivity index (χ0v) is 17.8. The Bertz CT molecular complexity index is 397. The molecule has 2 aliphatic rings. The SMILES string of the molecule is CN=C(NCC(C)CN1CCN(C)CC1)NC(C)CCC1CCCCC1. The summed E-state index contributed by atoms with van der Waals surface area (Å²) in [6, 6.07) is 0.496. The van der Waals surface area contributed by atoms with E-state index in [9.17, 15) is 0 Å². The van der Waals surface area contributed by atoms with Crippen LogP contribution in [0.25, 0.3) is 0 Å². The number of rotatable bonds is 8. The number of likely N-dealkylation sites (N-methyl/N-ethyl adjacent to an activating group) is 1. The molecule has 2 fully saturated rings. The first-order chi connectivity index (χ1) is 12.6. The predicted octanol–water partition coefficient (Wildman–Crippen LogP) is 2.78. The van der Waals surface area contributed by atoms with Gasteiger partial charge in [-0.2, -0.15) is 0 Å². The van der Waals surface area contributed by atoms with Gasteiger partial charge >= 0.3 is 0 Å². The van der Waals surface area contributed by atoms with Gasteiger partial charge in [0, 0.05) is 52.4 Å². The lowest BCUT2D eigenvalue weighted by Crippen LogP contribution is -2.48. The number of nitrogens with one attached hydrogen (secondary N) is 2. The molecule has 1 aliphatic carbocycles. The van der Waals surface area contributed by atoms with Crippen LogP contribution in [0.3, 0.4) is 0 Å². The van der Waals surface area contributed by atoms with Gasteiger partial charge in [-0.1, -0.05) is 39.0 Å². The average molecular weight is 366 g/mol. The van der Waals surface area contributed by atoms with Crippen molar-refractivity contribution in [3.63, 3.8) is 0 Å². The van der Waals surface area contributed by atoms with Crippen molar-refractivity contribution in [2.75, 3.05) is 53.4 Å². The Kier molecular flexibility index (Phi) is 9.76. The summed E-state index contributed by atoms with van der Waals surface area (Å²) in [6.07, 6.45) is 9.86. The van der Waals surface area contributed by atoms with E-state index in [0.29, 0.717) is 12.0 Å². The number of aliphatic imine (C=N–C) groups is 1. The van der Waals surface area contributed by atoms with Gasteiger partial charge in [0.1, 0.15) is 0 Å². The van der Waals surface area contributed by atoms with E-state index in [2.05, 4.69) is 46.3 Å². The lowest BCUT2D eigenvalue weighted by atomic mass is 9.85. The molecule has 2 atom stereocenters. The Morgan fingerprint density at radius 1 is 1.08 bits per heavy atom. The molecule has 1 aliphatic heterocycles. The molecular weight excluding hydrogens is 322 g/mol. The Hall–Kier alpha value is -0.810. The fourth-order valence-electron chi connectivity index (χ4n) is 4.27. The Morgan fingerprint density at radius 2 is 1.77 bits per heavy atom. The third-order valence-electron chi connectivity index (χ3n) is 6.12. The minimum atomic E-state index is 0.496. The fraction of sp³-hybridized carbons (Fsp3) is 0.952. The first-order valence-corrected chi connectivity index (χ1v) is 10.9. The summed E-state index contributed by atoms with van der Waals surface area (Å²) in [6.45, 7) is 11.6. The first kappa shape index (κ1) is 21.5. The quantitative estimate of drug-likeness (QED) is 0.513. The van der Waals surface area contributed by atoms with Crippen LogP contribution in [0.15, 0.2) is 4.99 Å². The van der Waals surface area contributed by atoms with E-state index in [1.165, 1.54) is 77.7 Å². The van der Waals surface area contributed by atoms with Gasteiger partial charge in [-0.25, -0.2) is 0 Å². The number of hydrogen-bond donors (Lipinski definition) is 2. The van der Waals surface area contributed by atoms with E-state index in [1.807, 2.05) is 7.05 Å². The fourth-order valence-corrected chi connectivity index (χ4v) is 4.27. The maximum absolute atomic E-state index is 4.43. The highest BCUT2D eigenvalue weighted by atomic mass is 15.2. The third kappa shape index (κ3) is 8.26. The van der Waals surface area contributed by atoms with Gasteiger partial charge in [0.05, 0.1) is 0 Å². The normalized spacial score (nSPS) is 23.6. The zero-order valence-electron chi connectivity index (χ0n) is 17.8. The van der Waals surface area contributed by atoms with Crippen LogP contribution in [-0.4, -0.2) is 75.2 Å². The molecule has 1 saturated carbocycles. The minimum Gasteiger partial charge on any atom is -0.356 e. The van der Waals surface area contributed by atoms with Crippen LogP contribution < -0.4 is 10.6 Å². The number of nitrogens with zero attached hydrogens (tertiary/aromatic N) is 3. The number of hydrogen-bond acceptors (Lipinski definition) is 3. The van der Waals surface area contributed by atoms with Crippen molar-refractivity contribution in [1.29, 1.82) is 0 Å². The molecule has 0 aromatic rings. The van der Waals surface area contributed by atoms with Gasteiger partial charge in [0.15, 0.2) is 5.96 Å². The third-order valence-corrected chi connectivity index (χ3v) is 6.12. The summed E-state index contributed by atoms with van der Waals surface area (Å²) in [4.78, 5) is 9.43. The summed E-state index contributed by atoms with van der Waals surface area (Å²) in [7, 11) is 4.10. The highest BCUT2D eigenvalue weighted by molar-refractivity contribution is 5.79. The number of piperazine rings is 1. The van der Waals surface area contributed by atoms with Crippen molar-refractivity contribution in [3.8, 4) is 0 Å². The summed E-state index contributed by atoms with van der Waals surface area (Å²) in [5.41, 5.74) is 0. The van der Waals surface area contributed by atoms with Gasteiger partial charge in [-0.15, -0.1) is 0 Å². The van der Waals surface area contributed by atoms with E-state index in [4.69, 9.17) is 0 Å². The molecule has 2 rings (SSSR count). The molecular formula is C21H43N5. The lowest BCUT2D eigenvalue weighted by Gasteiger charge is -2.34. The Morgan fingerprint density at radius 3 is 2.42 bits per heavy atom. The standard InChI is InChI=1S/C21H43N5/c1-18(17-26-14-12-25(4)13-15-26)16-23-21(22-3)24-19(2)10-11-20-8-6-5-7-9-20/h18-20H,5-17H2,1-4H3,(H2,22,23,24). The molecule has 1 saturated heterocycles. The molecule has 0 aromatic heterocycles. The molecule has 0 spiro atoms. The summed E-state index contributed by atoms with van der Waals surface area (Å²) in [5.74, 6) is 2.56. The average Bonchev–Trinajstić information content (AvgIpc) is 2.66. The summed E-state index contributed by atoms with van der Waals surface area (Å²) >= 11 is 0. The highest BCUT2D eigenvalue weighted by Crippen LogP contribution is 2.27. The van der Waals surface area contributed by atoms with E-state index in [0.717, 1.165) is 18.4 Å². The number of guanidine groups is 1. The van der Waals surface area contributed by atoms with Crippen LogP contribution >= 0.6 is 0 Å². The van der Waals surface area contributed by atoms with Crippen LogP contribution in [0.2, 0.25) is 0 Å². The monoisotopic (exact) mass is 365 g/mol. The first-order valence-electron chi connectivity index (χ1n) is 10.9. The topological polar surface area (TPSA) is 42.9 Å². The van der Waals surface area contributed by atoms with Crippen LogP contribution in [0.4, 0.5) is 0 Å². The smallest absolute Gasteiger partial charge is 0.191 e. The molecule has 0 aromatic carbocycles. The van der Waals surface area contributed by atoms with Crippen LogP contribution in [0.5, 0.6) is 0 Å². The van der Waals surface area contributed by atoms with Crippen LogP contribution in [0.1, 0.15) is 58.8 Å². The zero-order chi connectivity index (χ0) is 18.8. The lowest BCUT2D eigenvalue weighted by molar-refractivity contribution is 0.139. The molecule has 1 heterocycles. The van der Waals surface area contributed by atoms with Crippen LogP contribution in [0, 0.1) is 11.8 Å². The second-order valence-corrected chi connectivity index (χ2v) is 8.79. The molecule has 152 valence electrons. The van der Waals surface area contributed by atoms with E-state index >= 15 is 0 Å². The minimum absolute atomic E-state index is 0.496. The van der Waals surface area contributed by atoms with Crippen LogP contribution in [-0.2, 0) is 0 Å². The van der Waals surface area contributed by atoms with Crippen molar-refractivity contribution in [2.24, 2.45) is 16.8 Å². The molecule has 2 N–H and O–H groups in total. The summed E-state index contributed by atoms with van der Waals surface area (Å²) < 4.78 is 0. The molecule has 26 heavy (non-hydrogen) atoms. The maximum Gasteiger partial charge on any atom is 0.191 e. The van der Waals surface area contributed by atoms with Crippen molar-refractivity contribution in [3.05, 3.63) is 0 Å². The Balaban J connectivity index is 1.60. The van der Waals surface area contributed by atoms with E-state index in [-0.39, 0.29) is 0 Å². The second kappa shape index (κ2) is 11.8. The van der Waals surface area contributed by atoms with Gasteiger partial charge in [-0.3, -0.25) is 4.99 Å². The molecule has 2 unspecified atom stereocenters. The van der Waals surface area contributed by atoms with Crippen molar-refractivity contribution >= 4 is 5.96 Å². The van der Waals surface area contributed by atoms with E-state index in [1.54, 1.807) is 0 Å². The molecule has 5 nitrogen and oxygen atoms in total. The van der Waals surface area contributed by atoms with Gasteiger partial charge in [-0.05, 0) is 38.6 Å². The highest BCUT2D eigenvalue weighted by Gasteiger charge is 2.17. The molecule has 5 heteroatoms. The molecule has 0 amide bonds. The molecule has 0 radical (unpaired) electrons. The predicted molar refractivity (Wildman–Crippen MR) is 113 cm³/mol. The van der Waals surface area contributed by atoms with Gasteiger partial charge in [0.2, 0.25) is 0 Å². The van der Waals surface area contributed by atoms with Gasteiger partial charge < -0.3 is 20.4 Å². The Labute approximate surface area is 162 Å². The van der Waals surface area contributed by atoms with Gasteiger partial charge in [0.25, 0.3) is 0 Å². The second-order valence-electron chi connectivity index (χ2n) is 8.79. The van der Waals surface area contributed by atoms with Crippen molar-refractivity contribution in [1.82, 2.24) is 20.4 Å². The van der Waals surface area contributed by atoms with E-state index < -0.39 is 0 Å². The molecule has 0 bridgehead atoms.